The van der Waals surface area contributed by atoms with Gasteiger partial charge in [0.1, 0.15) is 0 Å². The van der Waals surface area contributed by atoms with Gasteiger partial charge in [0.25, 0.3) is 5.97 Å². The summed E-state index contributed by atoms with van der Waals surface area (Å²) >= 11 is 0. The molecule has 1 saturated carbocycles. The number of aliphatic carboxylic acids is 1. The number of carbonyl (C=O) groups excluding carboxylic acids is 1. The molecule has 1 amide bonds. The topological polar surface area (TPSA) is 160 Å². The molecule has 0 aromatic carbocycles. The molecule has 1 aromatic rings. The Bertz CT molecular complexity index is 909. The molecule has 3 rings (SSSR count). The lowest BCUT2D eigenvalue weighted by Crippen LogP contribution is -2.51. The smallest absolute Gasteiger partial charge is 0.300 e. The molecule has 1 aliphatic carbocycles. The Kier molecular flexibility index (Phi) is 7.12. The molecule has 2 heterocycles. The Balaban J connectivity index is 0.000000640. The molecule has 156 valence electrons. The minimum atomic E-state index is -3.52. The number of amides is 1. The molecule has 10 nitrogen and oxygen atoms in total. The molecule has 1 aromatic heterocycles. The molecule has 1 aliphatic heterocycles. The van der Waals surface area contributed by atoms with Gasteiger partial charge < -0.3 is 10.4 Å². The Hall–Kier alpha value is -2.05. The van der Waals surface area contributed by atoms with E-state index in [0.29, 0.717) is 18.4 Å². The molecule has 3 N–H and O–H groups in total. The van der Waals surface area contributed by atoms with Crippen molar-refractivity contribution in [3.8, 4) is 0 Å². The number of sulfonamides is 1. The standard InChI is InChI=1S/C14H19N3O5S2.C2H4O2/c18-14(6-10-2-1-5-15-7-10)16-12-8-23(19,20)9-13(12)17-24(21,22)11-3-4-11;1-2(3)4/h1-2,5,7,11-13,17H,3-4,6,8-9H2,(H,16,18);1H3,(H,3,4)/t12-,13-;/m1./s1. The Morgan fingerprint density at radius 2 is 1.86 bits per heavy atom. The molecule has 0 unspecified atom stereocenters. The summed E-state index contributed by atoms with van der Waals surface area (Å²) in [6.07, 6.45) is 4.39. The summed E-state index contributed by atoms with van der Waals surface area (Å²) in [5.74, 6) is -1.75. The van der Waals surface area contributed by atoms with Crippen LogP contribution in [-0.2, 0) is 35.9 Å². The number of carboxylic acids is 1. The third kappa shape index (κ3) is 7.17. The Morgan fingerprint density at radius 3 is 2.39 bits per heavy atom. The predicted octanol–water partition coefficient (Wildman–Crippen LogP) is -0.921. The highest BCUT2D eigenvalue weighted by Crippen LogP contribution is 2.28. The summed E-state index contributed by atoms with van der Waals surface area (Å²) in [5, 5.41) is 9.62. The number of nitrogens with zero attached hydrogens (tertiary/aromatic N) is 1. The molecular weight excluding hydrogens is 410 g/mol. The van der Waals surface area contributed by atoms with Gasteiger partial charge in [0, 0.05) is 19.3 Å². The van der Waals surface area contributed by atoms with Crippen LogP contribution < -0.4 is 10.0 Å². The fraction of sp³-hybridized carbons (Fsp3) is 0.562. The molecule has 12 heteroatoms. The number of hydrogen-bond acceptors (Lipinski definition) is 7. The van der Waals surface area contributed by atoms with Gasteiger partial charge in [-0.05, 0) is 24.5 Å². The normalized spacial score (nSPS) is 23.3. The second kappa shape index (κ2) is 8.97. The average Bonchev–Trinajstić information content (AvgIpc) is 3.35. The van der Waals surface area contributed by atoms with Gasteiger partial charge in [-0.3, -0.25) is 14.6 Å². The van der Waals surface area contributed by atoms with Crippen LogP contribution in [0.1, 0.15) is 25.3 Å². The van der Waals surface area contributed by atoms with Gasteiger partial charge in [0.2, 0.25) is 15.9 Å². The highest BCUT2D eigenvalue weighted by Gasteiger charge is 2.44. The third-order valence-corrected chi connectivity index (χ3v) is 7.78. The third-order valence-electron chi connectivity index (χ3n) is 4.07. The fourth-order valence-corrected chi connectivity index (χ4v) is 6.32. The van der Waals surface area contributed by atoms with Crippen LogP contribution in [0.3, 0.4) is 0 Å². The second-order valence-corrected chi connectivity index (χ2v) is 10.9. The summed E-state index contributed by atoms with van der Waals surface area (Å²) in [7, 11) is -6.92. The summed E-state index contributed by atoms with van der Waals surface area (Å²) < 4.78 is 50.3. The van der Waals surface area contributed by atoms with Crippen LogP contribution in [0.15, 0.2) is 24.5 Å². The van der Waals surface area contributed by atoms with Crippen molar-refractivity contribution < 1.29 is 31.5 Å². The van der Waals surface area contributed by atoms with Crippen LogP contribution in [0.25, 0.3) is 0 Å². The zero-order valence-electron chi connectivity index (χ0n) is 15.2. The summed E-state index contributed by atoms with van der Waals surface area (Å²) in [6, 6.07) is 1.87. The first-order valence-electron chi connectivity index (χ1n) is 8.58. The lowest BCUT2D eigenvalue weighted by molar-refractivity contribution is -0.134. The molecule has 1 saturated heterocycles. The van der Waals surface area contributed by atoms with Crippen molar-refractivity contribution in [3.05, 3.63) is 30.1 Å². The molecule has 0 bridgehead atoms. The van der Waals surface area contributed by atoms with Gasteiger partial charge in [0.05, 0.1) is 35.3 Å². The van der Waals surface area contributed by atoms with E-state index in [1.54, 1.807) is 24.5 Å². The zero-order chi connectivity index (χ0) is 20.9. The molecule has 2 atom stereocenters. The summed E-state index contributed by atoms with van der Waals surface area (Å²) in [4.78, 5) is 25.0. The van der Waals surface area contributed by atoms with Crippen LogP contribution in [0.5, 0.6) is 0 Å². The first kappa shape index (κ1) is 22.2. The minimum Gasteiger partial charge on any atom is -0.481 e. The number of rotatable bonds is 6. The van der Waals surface area contributed by atoms with Crippen LogP contribution in [0, 0.1) is 0 Å². The van der Waals surface area contributed by atoms with E-state index >= 15 is 0 Å². The number of pyridine rings is 1. The van der Waals surface area contributed by atoms with E-state index in [0.717, 1.165) is 6.92 Å². The average molecular weight is 434 g/mol. The van der Waals surface area contributed by atoms with Crippen LogP contribution in [-0.4, -0.2) is 67.6 Å². The van der Waals surface area contributed by atoms with Crippen LogP contribution in [0.4, 0.5) is 0 Å². The number of sulfone groups is 1. The highest BCUT2D eigenvalue weighted by molar-refractivity contribution is 7.92. The second-order valence-electron chi connectivity index (χ2n) is 6.78. The first-order chi connectivity index (χ1) is 13.0. The molecule has 0 spiro atoms. The van der Waals surface area contributed by atoms with E-state index < -0.39 is 43.2 Å². The maximum atomic E-state index is 12.1. The highest BCUT2D eigenvalue weighted by atomic mass is 32.2. The largest absolute Gasteiger partial charge is 0.481 e. The number of aromatic nitrogens is 1. The van der Waals surface area contributed by atoms with Crippen molar-refractivity contribution in [3.63, 3.8) is 0 Å². The van der Waals surface area contributed by atoms with E-state index in [-0.39, 0.29) is 23.8 Å². The van der Waals surface area contributed by atoms with Crippen molar-refractivity contribution in [2.75, 3.05) is 11.5 Å². The predicted molar refractivity (Wildman–Crippen MR) is 101 cm³/mol. The molecular formula is C16H23N3O7S2. The number of carbonyl (C=O) groups is 2. The molecule has 0 radical (unpaired) electrons. The monoisotopic (exact) mass is 433 g/mol. The van der Waals surface area contributed by atoms with E-state index in [1.807, 2.05) is 0 Å². The van der Waals surface area contributed by atoms with Crippen molar-refractivity contribution in [1.82, 2.24) is 15.0 Å². The Labute approximate surface area is 163 Å². The van der Waals surface area contributed by atoms with Crippen molar-refractivity contribution in [2.24, 2.45) is 0 Å². The molecule has 2 fully saturated rings. The quantitative estimate of drug-likeness (QED) is 0.519. The molecule has 2 aliphatic rings. The van der Waals surface area contributed by atoms with Crippen LogP contribution >= 0.6 is 0 Å². The van der Waals surface area contributed by atoms with Crippen molar-refractivity contribution >= 4 is 31.7 Å². The summed E-state index contributed by atoms with van der Waals surface area (Å²) in [6.45, 7) is 1.08. The van der Waals surface area contributed by atoms with E-state index in [2.05, 4.69) is 15.0 Å². The number of carboxylic acid groups (broad SMARTS) is 1. The van der Waals surface area contributed by atoms with Gasteiger partial charge >= 0.3 is 0 Å². The zero-order valence-corrected chi connectivity index (χ0v) is 16.9. The van der Waals surface area contributed by atoms with Gasteiger partial charge in [0.15, 0.2) is 9.84 Å². The minimum absolute atomic E-state index is 0.0620. The van der Waals surface area contributed by atoms with Gasteiger partial charge in [-0.25, -0.2) is 21.6 Å². The first-order valence-corrected chi connectivity index (χ1v) is 11.9. The van der Waals surface area contributed by atoms with Gasteiger partial charge in [-0.15, -0.1) is 0 Å². The van der Waals surface area contributed by atoms with E-state index in [1.165, 1.54) is 0 Å². The van der Waals surface area contributed by atoms with E-state index in [4.69, 9.17) is 9.90 Å². The number of hydrogen-bond donors (Lipinski definition) is 3. The van der Waals surface area contributed by atoms with Crippen molar-refractivity contribution in [1.29, 1.82) is 0 Å². The Morgan fingerprint density at radius 1 is 1.25 bits per heavy atom. The lowest BCUT2D eigenvalue weighted by atomic mass is 10.1. The van der Waals surface area contributed by atoms with Gasteiger partial charge in [-0.1, -0.05) is 6.07 Å². The maximum Gasteiger partial charge on any atom is 0.300 e. The molecule has 28 heavy (non-hydrogen) atoms. The maximum absolute atomic E-state index is 12.1. The SMILES string of the molecule is CC(=O)O.O=C(Cc1cccnc1)N[C@@H]1CS(=O)(=O)C[C@H]1NS(=O)(=O)C1CC1. The fourth-order valence-electron chi connectivity index (χ4n) is 2.74. The lowest BCUT2D eigenvalue weighted by Gasteiger charge is -2.20. The van der Waals surface area contributed by atoms with Gasteiger partial charge in [-0.2, -0.15) is 0 Å². The van der Waals surface area contributed by atoms with Crippen molar-refractivity contribution in [2.45, 2.75) is 43.5 Å². The van der Waals surface area contributed by atoms with Crippen LogP contribution in [0.2, 0.25) is 0 Å². The summed E-state index contributed by atoms with van der Waals surface area (Å²) in [5.41, 5.74) is 0.700. The van der Waals surface area contributed by atoms with E-state index in [9.17, 15) is 21.6 Å². The number of nitrogens with one attached hydrogen (secondary N) is 2.